The van der Waals surface area contributed by atoms with Crippen LogP contribution in [0.1, 0.15) is 26.3 Å². The molecular formula is C15H22FO2Si. The van der Waals surface area contributed by atoms with Crippen LogP contribution in [0.5, 0.6) is 11.5 Å². The van der Waals surface area contributed by atoms with Crippen molar-refractivity contribution in [1.29, 1.82) is 0 Å². The second-order valence-corrected chi connectivity index (χ2v) is 7.67. The lowest BCUT2D eigenvalue weighted by Crippen LogP contribution is -2.16. The number of hydrogen-bond acceptors (Lipinski definition) is 2. The lowest BCUT2D eigenvalue weighted by atomic mass is 9.87. The number of ether oxygens (including phenoxy) is 1. The molecule has 4 heteroatoms. The summed E-state index contributed by atoms with van der Waals surface area (Å²) in [6.45, 7) is 14.0. The smallest absolute Gasteiger partial charge is 0.274 e. The molecule has 2 nitrogen and oxygen atoms in total. The second kappa shape index (κ2) is 6.24. The first-order valence-electron chi connectivity index (χ1n) is 6.31. The van der Waals surface area contributed by atoms with Gasteiger partial charge in [0.05, 0.1) is 0 Å². The molecule has 105 valence electrons. The Balaban J connectivity index is 3.25. The Morgan fingerprint density at radius 1 is 1.26 bits per heavy atom. The molecule has 0 atom stereocenters. The molecule has 0 amide bonds. The molecule has 0 aliphatic rings. The summed E-state index contributed by atoms with van der Waals surface area (Å²) in [5.41, 5.74) is 0.901. The Kier molecular flexibility index (Phi) is 5.17. The first kappa shape index (κ1) is 15.8. The molecule has 0 aliphatic carbocycles. The predicted octanol–water partition coefficient (Wildman–Crippen LogP) is 4.32. The van der Waals surface area contributed by atoms with Crippen molar-refractivity contribution >= 4 is 9.04 Å². The van der Waals surface area contributed by atoms with Crippen LogP contribution in [-0.2, 0) is 5.41 Å². The van der Waals surface area contributed by atoms with Crippen molar-refractivity contribution < 1.29 is 13.6 Å². The van der Waals surface area contributed by atoms with Crippen LogP contribution < -0.4 is 9.16 Å². The fourth-order valence-electron chi connectivity index (χ4n) is 1.55. The summed E-state index contributed by atoms with van der Waals surface area (Å²) in [5, 5.41) is 0. The van der Waals surface area contributed by atoms with E-state index in [2.05, 4.69) is 27.4 Å². The van der Waals surface area contributed by atoms with E-state index in [9.17, 15) is 4.39 Å². The highest BCUT2D eigenvalue weighted by molar-refractivity contribution is 6.49. The van der Waals surface area contributed by atoms with Crippen molar-refractivity contribution in [1.82, 2.24) is 0 Å². The minimum absolute atomic E-state index is 0.0908. The van der Waals surface area contributed by atoms with E-state index in [0.29, 0.717) is 0 Å². The third-order valence-electron chi connectivity index (χ3n) is 2.54. The number of benzene rings is 1. The topological polar surface area (TPSA) is 18.5 Å². The van der Waals surface area contributed by atoms with Crippen molar-refractivity contribution in [2.24, 2.45) is 0 Å². The van der Waals surface area contributed by atoms with Crippen LogP contribution in [0.25, 0.3) is 0 Å². The molecule has 0 N–H and O–H groups in total. The maximum Gasteiger partial charge on any atom is 0.274 e. The van der Waals surface area contributed by atoms with Crippen LogP contribution in [-0.4, -0.2) is 15.6 Å². The second-order valence-electron chi connectivity index (χ2n) is 5.65. The molecule has 19 heavy (non-hydrogen) atoms. The third-order valence-corrected chi connectivity index (χ3v) is 3.17. The van der Waals surface area contributed by atoms with Gasteiger partial charge in [0, 0.05) is 0 Å². The zero-order chi connectivity index (χ0) is 14.6. The van der Waals surface area contributed by atoms with E-state index in [-0.39, 0.29) is 23.5 Å². The molecule has 1 aromatic rings. The average molecular weight is 281 g/mol. The van der Waals surface area contributed by atoms with E-state index in [1.165, 1.54) is 0 Å². The van der Waals surface area contributed by atoms with E-state index in [1.807, 2.05) is 13.1 Å². The molecule has 0 fully saturated rings. The predicted molar refractivity (Wildman–Crippen MR) is 78.9 cm³/mol. The minimum atomic E-state index is -1.02. The zero-order valence-corrected chi connectivity index (χ0v) is 13.3. The molecule has 0 aromatic heterocycles. The molecule has 0 bridgehead atoms. The summed E-state index contributed by atoms with van der Waals surface area (Å²) < 4.78 is 25.3. The molecule has 0 aliphatic heterocycles. The van der Waals surface area contributed by atoms with Crippen molar-refractivity contribution in [2.75, 3.05) is 6.61 Å². The average Bonchev–Trinajstić information content (AvgIpc) is 2.28. The van der Waals surface area contributed by atoms with Crippen molar-refractivity contribution in [3.05, 3.63) is 36.2 Å². The van der Waals surface area contributed by atoms with E-state index in [0.717, 1.165) is 5.56 Å². The van der Waals surface area contributed by atoms with Gasteiger partial charge >= 0.3 is 0 Å². The van der Waals surface area contributed by atoms with Crippen molar-refractivity contribution in [3.8, 4) is 11.5 Å². The van der Waals surface area contributed by atoms with Crippen LogP contribution in [0, 0.1) is 5.82 Å². The van der Waals surface area contributed by atoms with Crippen molar-refractivity contribution in [2.45, 2.75) is 39.3 Å². The van der Waals surface area contributed by atoms with Crippen molar-refractivity contribution in [3.63, 3.8) is 0 Å². The molecule has 1 aromatic carbocycles. The normalized spacial score (nSPS) is 11.5. The van der Waals surface area contributed by atoms with E-state index in [4.69, 9.17) is 9.16 Å². The fraction of sp³-hybridized carbons (Fsp3) is 0.467. The lowest BCUT2D eigenvalue weighted by Gasteiger charge is -2.22. The number of hydrogen-bond donors (Lipinski definition) is 0. The monoisotopic (exact) mass is 281 g/mol. The highest BCUT2D eigenvalue weighted by atomic mass is 28.3. The highest BCUT2D eigenvalue weighted by Gasteiger charge is 2.21. The van der Waals surface area contributed by atoms with Gasteiger partial charge in [0.25, 0.3) is 9.04 Å². The zero-order valence-electron chi connectivity index (χ0n) is 12.3. The summed E-state index contributed by atoms with van der Waals surface area (Å²) in [7, 11) is -1.02. The van der Waals surface area contributed by atoms with E-state index >= 15 is 0 Å². The Bertz CT molecular complexity index is 450. The summed E-state index contributed by atoms with van der Waals surface area (Å²) in [4.78, 5) is 0. The molecule has 0 saturated carbocycles. The summed E-state index contributed by atoms with van der Waals surface area (Å²) in [6.07, 6.45) is 1.60. The number of rotatable bonds is 5. The first-order valence-corrected chi connectivity index (χ1v) is 8.72. The Morgan fingerprint density at radius 3 is 2.32 bits per heavy atom. The SMILES string of the molecule is C=CCOc1cc(C(C)(C)C)cc(O[Si](C)C)c1F. The molecule has 1 rings (SSSR count). The quantitative estimate of drug-likeness (QED) is 0.591. The fourth-order valence-corrected chi connectivity index (χ4v) is 2.14. The Hall–Kier alpha value is -1.29. The first-order chi connectivity index (χ1) is 8.75. The Labute approximate surface area is 117 Å². The van der Waals surface area contributed by atoms with Gasteiger partial charge in [-0.1, -0.05) is 33.4 Å². The Morgan fingerprint density at radius 2 is 1.84 bits per heavy atom. The summed E-state index contributed by atoms with van der Waals surface area (Å²) >= 11 is 0. The largest absolute Gasteiger partial charge is 0.541 e. The van der Waals surface area contributed by atoms with Gasteiger partial charge in [-0.25, -0.2) is 0 Å². The maximum atomic E-state index is 14.3. The van der Waals surface area contributed by atoms with Gasteiger partial charge in [0.2, 0.25) is 5.82 Å². The minimum Gasteiger partial charge on any atom is -0.541 e. The molecule has 0 unspecified atom stereocenters. The van der Waals surface area contributed by atoms with Gasteiger partial charge in [-0.3, -0.25) is 0 Å². The van der Waals surface area contributed by atoms with Gasteiger partial charge in [0.1, 0.15) is 12.4 Å². The highest BCUT2D eigenvalue weighted by Crippen LogP contribution is 2.34. The molecule has 0 heterocycles. The van der Waals surface area contributed by atoms with Crippen LogP contribution in [0.15, 0.2) is 24.8 Å². The molecule has 1 radical (unpaired) electrons. The standard InChI is InChI=1S/C15H22FO2Si/c1-7-8-17-12-9-11(15(2,3)4)10-13(14(12)16)18-19(5)6/h7,9-10H,1,8H2,2-6H3. The van der Waals surface area contributed by atoms with E-state index in [1.54, 1.807) is 18.2 Å². The molecule has 0 saturated heterocycles. The summed E-state index contributed by atoms with van der Waals surface area (Å²) in [6, 6.07) is 3.51. The van der Waals surface area contributed by atoms with Gasteiger partial charge in [-0.05, 0) is 36.2 Å². The van der Waals surface area contributed by atoms with Gasteiger partial charge < -0.3 is 9.16 Å². The van der Waals surface area contributed by atoms with Gasteiger partial charge in [-0.2, -0.15) is 4.39 Å². The van der Waals surface area contributed by atoms with Crippen LogP contribution >= 0.6 is 0 Å². The summed E-state index contributed by atoms with van der Waals surface area (Å²) in [5.74, 6) is 0.0806. The lowest BCUT2D eigenvalue weighted by molar-refractivity contribution is 0.334. The maximum absolute atomic E-state index is 14.3. The number of halogens is 1. The van der Waals surface area contributed by atoms with Gasteiger partial charge in [0.15, 0.2) is 5.75 Å². The molecule has 0 spiro atoms. The van der Waals surface area contributed by atoms with Crippen LogP contribution in [0.3, 0.4) is 0 Å². The van der Waals surface area contributed by atoms with E-state index < -0.39 is 14.9 Å². The van der Waals surface area contributed by atoms with Crippen LogP contribution in [0.2, 0.25) is 13.1 Å². The van der Waals surface area contributed by atoms with Crippen LogP contribution in [0.4, 0.5) is 4.39 Å². The molecular weight excluding hydrogens is 259 g/mol. The third kappa shape index (κ3) is 4.38. The van der Waals surface area contributed by atoms with Gasteiger partial charge in [-0.15, -0.1) is 0 Å².